The van der Waals surface area contributed by atoms with Gasteiger partial charge >= 0.3 is 5.97 Å². The fourth-order valence-electron chi connectivity index (χ4n) is 5.28. The Bertz CT molecular complexity index is 2070. The normalized spacial score (nSPS) is 14.5. The summed E-state index contributed by atoms with van der Waals surface area (Å²) in [7, 11) is 1.57. The van der Waals surface area contributed by atoms with Crippen LogP contribution in [-0.4, -0.2) is 24.3 Å². The first-order chi connectivity index (χ1) is 22.0. The van der Waals surface area contributed by atoms with E-state index < -0.39 is 12.0 Å². The predicted octanol–water partition coefficient (Wildman–Crippen LogP) is 6.18. The van der Waals surface area contributed by atoms with Gasteiger partial charge in [-0.3, -0.25) is 9.36 Å². The second-order valence-electron chi connectivity index (χ2n) is 10.1. The van der Waals surface area contributed by atoms with Crippen LogP contribution < -0.4 is 24.4 Å². The number of methoxy groups -OCH3 is 1. The number of halogens is 1. The van der Waals surface area contributed by atoms with Crippen LogP contribution in [0.3, 0.4) is 0 Å². The molecule has 0 bridgehead atoms. The van der Waals surface area contributed by atoms with E-state index in [0.717, 1.165) is 16.7 Å². The molecule has 1 atom stereocenters. The van der Waals surface area contributed by atoms with Crippen LogP contribution in [0, 0.1) is 0 Å². The van der Waals surface area contributed by atoms with Crippen LogP contribution in [0.4, 0.5) is 0 Å². The molecule has 0 N–H and O–H groups in total. The summed E-state index contributed by atoms with van der Waals surface area (Å²) < 4.78 is 19.4. The highest BCUT2D eigenvalue weighted by Crippen LogP contribution is 2.36. The van der Waals surface area contributed by atoms with Crippen molar-refractivity contribution >= 4 is 40.7 Å². The topological polar surface area (TPSA) is 79.1 Å². The number of carbonyl (C=O) groups excluding carboxylic acids is 1. The van der Waals surface area contributed by atoms with E-state index in [-0.39, 0.29) is 18.8 Å². The molecule has 0 saturated carbocycles. The molecule has 1 aromatic heterocycles. The summed E-state index contributed by atoms with van der Waals surface area (Å²) in [6, 6.07) is 31.1. The van der Waals surface area contributed by atoms with E-state index >= 15 is 0 Å². The largest absolute Gasteiger partial charge is 0.493 e. The molecule has 6 rings (SSSR count). The van der Waals surface area contributed by atoms with Crippen molar-refractivity contribution in [3.8, 4) is 11.5 Å². The van der Waals surface area contributed by atoms with Crippen molar-refractivity contribution in [1.82, 2.24) is 4.57 Å². The van der Waals surface area contributed by atoms with E-state index in [4.69, 9.17) is 30.8 Å². The van der Waals surface area contributed by atoms with Gasteiger partial charge in [0.15, 0.2) is 16.3 Å². The Balaban J connectivity index is 1.54. The molecule has 1 aliphatic rings. The Kier molecular flexibility index (Phi) is 8.96. The first-order valence-corrected chi connectivity index (χ1v) is 15.6. The van der Waals surface area contributed by atoms with E-state index in [1.165, 1.54) is 11.3 Å². The number of nitrogens with zero attached hydrogens (tertiary/aromatic N) is 2. The Labute approximate surface area is 268 Å². The molecule has 7 nitrogen and oxygen atoms in total. The minimum Gasteiger partial charge on any atom is -0.493 e. The molecule has 0 radical (unpaired) electrons. The standard InChI is InChI=1S/C36H29ClN2O5S/c1-3-43-35(41)30-31(24-13-6-4-7-14-24)38-36-39(32(30)25-15-8-5-9-16-25)34(40)29(45-36)21-26-17-11-19-28(42-2)33(26)44-22-23-12-10-18-27(37)20-23/h4-21,32H,3,22H2,1-2H3/b29-21-/t32-/m1/s1. The number of ether oxygens (including phenoxy) is 3. The highest BCUT2D eigenvalue weighted by molar-refractivity contribution is 7.07. The van der Waals surface area contributed by atoms with Gasteiger partial charge in [-0.05, 0) is 42.3 Å². The zero-order chi connectivity index (χ0) is 31.3. The third-order valence-electron chi connectivity index (χ3n) is 7.28. The van der Waals surface area contributed by atoms with Crippen LogP contribution in [0.25, 0.3) is 11.8 Å². The van der Waals surface area contributed by atoms with Gasteiger partial charge < -0.3 is 14.2 Å². The van der Waals surface area contributed by atoms with Crippen molar-refractivity contribution in [3.05, 3.63) is 156 Å². The van der Waals surface area contributed by atoms with Gasteiger partial charge in [0.1, 0.15) is 6.61 Å². The van der Waals surface area contributed by atoms with Gasteiger partial charge in [0, 0.05) is 16.1 Å². The Morgan fingerprint density at radius 3 is 2.42 bits per heavy atom. The highest BCUT2D eigenvalue weighted by Gasteiger charge is 2.35. The Hall–Kier alpha value is -4.92. The molecule has 0 amide bonds. The molecular weight excluding hydrogens is 608 g/mol. The molecular formula is C36H29ClN2O5S. The fraction of sp³-hybridized carbons (Fsp3) is 0.139. The van der Waals surface area contributed by atoms with Gasteiger partial charge in [0.2, 0.25) is 0 Å². The average molecular weight is 637 g/mol. The van der Waals surface area contributed by atoms with Crippen molar-refractivity contribution in [1.29, 1.82) is 0 Å². The molecule has 2 heterocycles. The third-order valence-corrected chi connectivity index (χ3v) is 8.50. The van der Waals surface area contributed by atoms with E-state index in [2.05, 4.69) is 0 Å². The van der Waals surface area contributed by atoms with Crippen molar-refractivity contribution in [2.45, 2.75) is 19.6 Å². The van der Waals surface area contributed by atoms with Crippen molar-refractivity contribution in [3.63, 3.8) is 0 Å². The number of carbonyl (C=O) groups is 1. The maximum atomic E-state index is 14.3. The van der Waals surface area contributed by atoms with Crippen molar-refractivity contribution in [2.75, 3.05) is 13.7 Å². The predicted molar refractivity (Wildman–Crippen MR) is 176 cm³/mol. The number of hydrogen-bond acceptors (Lipinski definition) is 7. The van der Waals surface area contributed by atoms with E-state index in [0.29, 0.717) is 42.7 Å². The number of aromatic nitrogens is 1. The fourth-order valence-corrected chi connectivity index (χ4v) is 6.48. The average Bonchev–Trinajstić information content (AvgIpc) is 3.38. The first-order valence-electron chi connectivity index (χ1n) is 14.4. The van der Waals surface area contributed by atoms with Crippen LogP contribution in [-0.2, 0) is 16.1 Å². The molecule has 4 aromatic carbocycles. The lowest BCUT2D eigenvalue weighted by Gasteiger charge is -2.25. The van der Waals surface area contributed by atoms with Crippen LogP contribution in [0.1, 0.15) is 35.2 Å². The van der Waals surface area contributed by atoms with Crippen molar-refractivity contribution in [2.24, 2.45) is 4.99 Å². The number of rotatable bonds is 9. The summed E-state index contributed by atoms with van der Waals surface area (Å²) in [5.74, 6) is 0.493. The number of para-hydroxylation sites is 1. The van der Waals surface area contributed by atoms with Crippen LogP contribution in [0.5, 0.6) is 11.5 Å². The summed E-state index contributed by atoms with van der Waals surface area (Å²) in [5.41, 5.74) is 3.56. The lowest BCUT2D eigenvalue weighted by molar-refractivity contribution is -0.138. The molecule has 45 heavy (non-hydrogen) atoms. The summed E-state index contributed by atoms with van der Waals surface area (Å²) in [6.45, 7) is 2.19. The van der Waals surface area contributed by atoms with Gasteiger partial charge in [-0.25, -0.2) is 9.79 Å². The molecule has 0 spiro atoms. The number of thiazole rings is 1. The van der Waals surface area contributed by atoms with E-state index in [9.17, 15) is 9.59 Å². The maximum absolute atomic E-state index is 14.3. The Morgan fingerprint density at radius 2 is 1.71 bits per heavy atom. The maximum Gasteiger partial charge on any atom is 0.338 e. The van der Waals surface area contributed by atoms with Gasteiger partial charge in [-0.1, -0.05) is 108 Å². The lowest BCUT2D eigenvalue weighted by atomic mass is 9.93. The monoisotopic (exact) mass is 636 g/mol. The van der Waals surface area contributed by atoms with E-state index in [1.54, 1.807) is 36.8 Å². The minimum atomic E-state index is -0.747. The number of fused-ring (bicyclic) bond motifs is 1. The summed E-state index contributed by atoms with van der Waals surface area (Å²) >= 11 is 7.43. The smallest absolute Gasteiger partial charge is 0.338 e. The summed E-state index contributed by atoms with van der Waals surface area (Å²) in [5, 5.41) is 0.613. The Morgan fingerprint density at radius 1 is 0.978 bits per heavy atom. The second kappa shape index (κ2) is 13.4. The molecule has 0 saturated heterocycles. The lowest BCUT2D eigenvalue weighted by Crippen LogP contribution is -2.40. The van der Waals surface area contributed by atoms with Gasteiger partial charge in [-0.2, -0.15) is 0 Å². The van der Waals surface area contributed by atoms with Gasteiger partial charge in [0.05, 0.1) is 35.6 Å². The number of benzene rings is 4. The zero-order valence-corrected chi connectivity index (χ0v) is 26.2. The number of esters is 1. The van der Waals surface area contributed by atoms with Gasteiger partial charge in [0.25, 0.3) is 5.56 Å². The summed E-state index contributed by atoms with van der Waals surface area (Å²) in [4.78, 5) is 33.3. The molecule has 226 valence electrons. The molecule has 0 aliphatic carbocycles. The molecule has 0 fully saturated rings. The SMILES string of the molecule is CCOC(=O)C1=C(c2ccccc2)N=c2s/c(=C\c3cccc(OC)c3OCc3cccc(Cl)c3)c(=O)n2[C@@H]1c1ccccc1. The molecule has 5 aromatic rings. The summed E-state index contributed by atoms with van der Waals surface area (Å²) in [6.07, 6.45) is 1.78. The molecule has 1 aliphatic heterocycles. The highest BCUT2D eigenvalue weighted by atomic mass is 35.5. The van der Waals surface area contributed by atoms with Crippen LogP contribution >= 0.6 is 22.9 Å². The van der Waals surface area contributed by atoms with Crippen LogP contribution in [0.2, 0.25) is 5.02 Å². The quantitative estimate of drug-likeness (QED) is 0.181. The first kappa shape index (κ1) is 30.1. The third kappa shape index (κ3) is 6.20. The second-order valence-corrected chi connectivity index (χ2v) is 11.6. The van der Waals surface area contributed by atoms with Gasteiger partial charge in [-0.15, -0.1) is 0 Å². The van der Waals surface area contributed by atoms with Crippen LogP contribution in [0.15, 0.2) is 118 Å². The number of hydrogen-bond donors (Lipinski definition) is 0. The zero-order valence-electron chi connectivity index (χ0n) is 24.6. The van der Waals surface area contributed by atoms with E-state index in [1.807, 2.05) is 91.0 Å². The molecule has 9 heteroatoms. The minimum absolute atomic E-state index is 0.185. The molecule has 0 unspecified atom stereocenters. The van der Waals surface area contributed by atoms with Crippen molar-refractivity contribution < 1.29 is 19.0 Å².